The minimum atomic E-state index is 0.876. The summed E-state index contributed by atoms with van der Waals surface area (Å²) in [5.41, 5.74) is 9.92. The van der Waals surface area contributed by atoms with Gasteiger partial charge in [-0.1, -0.05) is 0 Å². The molecule has 2 heterocycles. The number of hydrogen-bond donors (Lipinski definition) is 1. The maximum absolute atomic E-state index is 5.94. The zero-order valence-corrected chi connectivity index (χ0v) is 9.37. The van der Waals surface area contributed by atoms with Crippen molar-refractivity contribution >= 4 is 0 Å². The molecule has 1 saturated carbocycles. The molecule has 2 aliphatic heterocycles. The first-order valence-electron chi connectivity index (χ1n) is 5.87. The normalized spacial score (nSPS) is 27.8. The van der Waals surface area contributed by atoms with Crippen LogP contribution in [0.25, 0.3) is 0 Å². The van der Waals surface area contributed by atoms with Crippen LogP contribution in [0.5, 0.6) is 0 Å². The van der Waals surface area contributed by atoms with Crippen molar-refractivity contribution < 1.29 is 0 Å². The van der Waals surface area contributed by atoms with Crippen LogP contribution in [0.1, 0.15) is 19.3 Å². The van der Waals surface area contributed by atoms with Crippen LogP contribution in [-0.2, 0) is 0 Å². The summed E-state index contributed by atoms with van der Waals surface area (Å²) in [7, 11) is 2.15. The molecule has 0 unspecified atom stereocenters. The molecule has 0 amide bonds. The van der Waals surface area contributed by atoms with E-state index in [4.69, 9.17) is 5.73 Å². The van der Waals surface area contributed by atoms with E-state index in [9.17, 15) is 0 Å². The van der Waals surface area contributed by atoms with Gasteiger partial charge in [-0.25, -0.2) is 0 Å². The Bertz CT molecular complexity index is 339. The molecule has 82 valence electrons. The van der Waals surface area contributed by atoms with Crippen molar-refractivity contribution in [1.29, 1.82) is 0 Å². The molecular formula is C12H19N3. The van der Waals surface area contributed by atoms with E-state index in [1.54, 1.807) is 0 Å². The number of hydrogen-bond acceptors (Lipinski definition) is 3. The van der Waals surface area contributed by atoms with Crippen LogP contribution < -0.4 is 5.73 Å². The lowest BCUT2D eigenvalue weighted by atomic mass is 10.0. The third-order valence-electron chi connectivity index (χ3n) is 3.68. The van der Waals surface area contributed by atoms with Gasteiger partial charge < -0.3 is 10.6 Å². The molecule has 0 aromatic carbocycles. The Kier molecular flexibility index (Phi) is 2.02. The van der Waals surface area contributed by atoms with E-state index in [2.05, 4.69) is 22.9 Å². The minimum Gasteiger partial charge on any atom is -0.401 e. The highest BCUT2D eigenvalue weighted by molar-refractivity contribution is 5.35. The summed E-state index contributed by atoms with van der Waals surface area (Å²) >= 11 is 0. The van der Waals surface area contributed by atoms with E-state index >= 15 is 0 Å². The Morgan fingerprint density at radius 3 is 2.87 bits per heavy atom. The SMILES string of the molecule is CN1CC(N)=CC2=C1CCN(C1CC1)C2. The van der Waals surface area contributed by atoms with Crippen molar-refractivity contribution in [2.75, 3.05) is 26.7 Å². The lowest BCUT2D eigenvalue weighted by Crippen LogP contribution is -2.39. The van der Waals surface area contributed by atoms with Gasteiger partial charge >= 0.3 is 0 Å². The van der Waals surface area contributed by atoms with Crippen molar-refractivity contribution in [2.24, 2.45) is 5.73 Å². The number of nitrogens with two attached hydrogens (primary N) is 1. The van der Waals surface area contributed by atoms with Gasteiger partial charge in [0.2, 0.25) is 0 Å². The number of likely N-dealkylation sites (N-methyl/N-ethyl adjacent to an activating group) is 1. The van der Waals surface area contributed by atoms with Crippen molar-refractivity contribution in [3.63, 3.8) is 0 Å². The minimum absolute atomic E-state index is 0.876. The molecule has 3 nitrogen and oxygen atoms in total. The number of nitrogens with zero attached hydrogens (tertiary/aromatic N) is 2. The van der Waals surface area contributed by atoms with E-state index in [0.717, 1.165) is 24.8 Å². The average Bonchev–Trinajstić information content (AvgIpc) is 2.99. The van der Waals surface area contributed by atoms with E-state index in [1.165, 1.54) is 37.1 Å². The molecule has 0 aromatic heterocycles. The van der Waals surface area contributed by atoms with Gasteiger partial charge in [0.25, 0.3) is 0 Å². The van der Waals surface area contributed by atoms with Crippen molar-refractivity contribution in [1.82, 2.24) is 9.80 Å². The summed E-state index contributed by atoms with van der Waals surface area (Å²) in [6.07, 6.45) is 6.20. The summed E-state index contributed by atoms with van der Waals surface area (Å²) in [6.45, 7) is 3.26. The summed E-state index contributed by atoms with van der Waals surface area (Å²) in [5, 5.41) is 0. The first kappa shape index (κ1) is 9.28. The van der Waals surface area contributed by atoms with E-state index in [1.807, 2.05) is 0 Å². The second-order valence-electron chi connectivity index (χ2n) is 5.00. The highest BCUT2D eigenvalue weighted by Gasteiger charge is 2.33. The van der Waals surface area contributed by atoms with Gasteiger partial charge in [0.05, 0.1) is 6.54 Å². The highest BCUT2D eigenvalue weighted by atomic mass is 15.2. The van der Waals surface area contributed by atoms with Crippen molar-refractivity contribution in [3.05, 3.63) is 23.0 Å². The van der Waals surface area contributed by atoms with Crippen LogP contribution in [0, 0.1) is 0 Å². The maximum atomic E-state index is 5.94. The molecule has 3 aliphatic rings. The Morgan fingerprint density at radius 1 is 1.33 bits per heavy atom. The Labute approximate surface area is 91.2 Å². The second-order valence-corrected chi connectivity index (χ2v) is 5.00. The zero-order valence-electron chi connectivity index (χ0n) is 9.37. The third-order valence-corrected chi connectivity index (χ3v) is 3.68. The average molecular weight is 205 g/mol. The molecule has 3 rings (SSSR count). The first-order chi connectivity index (χ1) is 7.24. The van der Waals surface area contributed by atoms with Crippen LogP contribution >= 0.6 is 0 Å². The third kappa shape index (κ3) is 1.65. The molecule has 0 spiro atoms. The highest BCUT2D eigenvalue weighted by Crippen LogP contribution is 2.33. The van der Waals surface area contributed by atoms with Gasteiger partial charge in [0.15, 0.2) is 0 Å². The quantitative estimate of drug-likeness (QED) is 0.690. The van der Waals surface area contributed by atoms with E-state index in [-0.39, 0.29) is 0 Å². The van der Waals surface area contributed by atoms with E-state index < -0.39 is 0 Å². The van der Waals surface area contributed by atoms with Gasteiger partial charge in [0, 0.05) is 44.0 Å². The molecule has 0 atom stereocenters. The fourth-order valence-electron chi connectivity index (χ4n) is 2.75. The second kappa shape index (κ2) is 3.27. The summed E-state index contributed by atoms with van der Waals surface area (Å²) in [5.74, 6) is 0. The molecule has 0 radical (unpaired) electrons. The summed E-state index contributed by atoms with van der Waals surface area (Å²) in [6, 6.07) is 0.876. The van der Waals surface area contributed by atoms with Crippen LogP contribution in [-0.4, -0.2) is 42.5 Å². The molecule has 0 aromatic rings. The monoisotopic (exact) mass is 205 g/mol. The largest absolute Gasteiger partial charge is 0.401 e. The molecule has 0 saturated heterocycles. The van der Waals surface area contributed by atoms with Gasteiger partial charge in [-0.15, -0.1) is 0 Å². The van der Waals surface area contributed by atoms with Crippen LogP contribution in [0.4, 0.5) is 0 Å². The molecular weight excluding hydrogens is 186 g/mol. The predicted molar refractivity (Wildman–Crippen MR) is 61.1 cm³/mol. The molecule has 2 N–H and O–H groups in total. The smallest absolute Gasteiger partial charge is 0.0568 e. The molecule has 0 bridgehead atoms. The lowest BCUT2D eigenvalue weighted by Gasteiger charge is -2.37. The number of rotatable bonds is 1. The van der Waals surface area contributed by atoms with Gasteiger partial charge in [-0.3, -0.25) is 4.90 Å². The van der Waals surface area contributed by atoms with Crippen molar-refractivity contribution in [2.45, 2.75) is 25.3 Å². The molecule has 1 aliphatic carbocycles. The predicted octanol–water partition coefficient (Wildman–Crippen LogP) is 0.897. The fraction of sp³-hybridized carbons (Fsp3) is 0.667. The van der Waals surface area contributed by atoms with Gasteiger partial charge in [-0.05, 0) is 24.5 Å². The standard InChI is InChI=1S/C12H19N3/c1-14-8-10(13)6-9-7-15(11-2-3-11)5-4-12(9)14/h6,11H,2-5,7-8,13H2,1H3. The van der Waals surface area contributed by atoms with Crippen LogP contribution in [0.15, 0.2) is 23.0 Å². The Balaban J connectivity index is 1.83. The first-order valence-corrected chi connectivity index (χ1v) is 5.87. The van der Waals surface area contributed by atoms with E-state index in [0.29, 0.717) is 0 Å². The van der Waals surface area contributed by atoms with Crippen molar-refractivity contribution in [3.8, 4) is 0 Å². The lowest BCUT2D eigenvalue weighted by molar-refractivity contribution is 0.252. The summed E-state index contributed by atoms with van der Waals surface area (Å²) < 4.78 is 0. The molecule has 3 heteroatoms. The molecule has 15 heavy (non-hydrogen) atoms. The fourth-order valence-corrected chi connectivity index (χ4v) is 2.75. The van der Waals surface area contributed by atoms with Gasteiger partial charge in [0.1, 0.15) is 0 Å². The maximum Gasteiger partial charge on any atom is 0.0568 e. The Morgan fingerprint density at radius 2 is 2.13 bits per heavy atom. The van der Waals surface area contributed by atoms with Crippen LogP contribution in [0.2, 0.25) is 0 Å². The Hall–Kier alpha value is -0.960. The van der Waals surface area contributed by atoms with Gasteiger partial charge in [-0.2, -0.15) is 0 Å². The van der Waals surface area contributed by atoms with Crippen LogP contribution in [0.3, 0.4) is 0 Å². The molecule has 1 fully saturated rings. The topological polar surface area (TPSA) is 32.5 Å². The summed E-state index contributed by atoms with van der Waals surface area (Å²) in [4.78, 5) is 4.93. The zero-order chi connectivity index (χ0) is 10.4.